The van der Waals surface area contributed by atoms with Crippen molar-refractivity contribution in [2.45, 2.75) is 0 Å². The van der Waals surface area contributed by atoms with Gasteiger partial charge in [-0.25, -0.2) is 4.52 Å². The quantitative estimate of drug-likeness (QED) is 0.479. The lowest BCUT2D eigenvalue weighted by molar-refractivity contribution is 0.0981. The highest BCUT2D eigenvalue weighted by Crippen LogP contribution is 2.30. The second kappa shape index (κ2) is 3.38. The maximum atomic E-state index is 12.5. The van der Waals surface area contributed by atoms with E-state index in [2.05, 4.69) is 5.10 Å². The van der Waals surface area contributed by atoms with E-state index in [0.29, 0.717) is 27.8 Å². The van der Waals surface area contributed by atoms with Crippen LogP contribution in [-0.4, -0.2) is 21.2 Å². The number of benzene rings is 1. The zero-order chi connectivity index (χ0) is 13.0. The fraction of sp³-hybridized carbons (Fsp3) is 0. The average molecular weight is 248 g/mol. The van der Waals surface area contributed by atoms with Crippen molar-refractivity contribution in [2.75, 3.05) is 0 Å². The maximum Gasteiger partial charge on any atom is 0.196 e. The first-order valence-corrected chi connectivity index (χ1v) is 5.92. The minimum Gasteiger partial charge on any atom is -0.288 e. The van der Waals surface area contributed by atoms with Gasteiger partial charge in [0, 0.05) is 23.5 Å². The summed E-state index contributed by atoms with van der Waals surface area (Å²) in [5, 5.41) is 4.13. The summed E-state index contributed by atoms with van der Waals surface area (Å²) in [6, 6.07) is 10.5. The third kappa shape index (κ3) is 1.20. The summed E-state index contributed by atoms with van der Waals surface area (Å²) in [6.45, 7) is 0. The molecule has 0 aliphatic heterocycles. The second-order valence-corrected chi connectivity index (χ2v) is 4.48. The summed E-state index contributed by atoms with van der Waals surface area (Å²) in [6.07, 6.45) is 3.25. The Morgan fingerprint density at radius 3 is 2.37 bits per heavy atom. The summed E-state index contributed by atoms with van der Waals surface area (Å²) in [7, 11) is 0. The Morgan fingerprint density at radius 2 is 1.58 bits per heavy atom. The number of hydrogen-bond acceptors (Lipinski definition) is 3. The molecule has 2 heterocycles. The van der Waals surface area contributed by atoms with E-state index in [1.807, 2.05) is 0 Å². The van der Waals surface area contributed by atoms with Gasteiger partial charge in [0.2, 0.25) is 0 Å². The molecule has 1 aliphatic rings. The van der Waals surface area contributed by atoms with E-state index < -0.39 is 0 Å². The Labute approximate surface area is 108 Å². The number of ketones is 2. The van der Waals surface area contributed by atoms with Crippen LogP contribution in [0, 0.1) is 0 Å². The number of nitrogens with zero attached hydrogens (tertiary/aromatic N) is 2. The molecule has 1 aromatic carbocycles. The van der Waals surface area contributed by atoms with E-state index in [-0.39, 0.29) is 11.6 Å². The van der Waals surface area contributed by atoms with Crippen LogP contribution in [0.4, 0.5) is 0 Å². The van der Waals surface area contributed by atoms with Crippen molar-refractivity contribution in [3.05, 3.63) is 71.0 Å². The number of carbonyl (C=O) groups is 2. The molecule has 0 unspecified atom stereocenters. The van der Waals surface area contributed by atoms with Crippen LogP contribution in [-0.2, 0) is 0 Å². The van der Waals surface area contributed by atoms with Gasteiger partial charge in [-0.15, -0.1) is 0 Å². The molecular weight excluding hydrogens is 240 g/mol. The second-order valence-electron chi connectivity index (χ2n) is 4.48. The van der Waals surface area contributed by atoms with Crippen LogP contribution in [0.3, 0.4) is 0 Å². The highest BCUT2D eigenvalue weighted by atomic mass is 16.1. The monoisotopic (exact) mass is 248 g/mol. The normalized spacial score (nSPS) is 13.5. The SMILES string of the molecule is O=C1c2ccccc2C(=O)c2c1cn1ncccc21. The largest absolute Gasteiger partial charge is 0.288 e. The minimum atomic E-state index is -0.115. The van der Waals surface area contributed by atoms with Gasteiger partial charge in [0.1, 0.15) is 0 Å². The van der Waals surface area contributed by atoms with Crippen molar-refractivity contribution in [2.24, 2.45) is 0 Å². The van der Waals surface area contributed by atoms with Crippen LogP contribution in [0.2, 0.25) is 0 Å². The molecule has 0 saturated heterocycles. The fourth-order valence-corrected chi connectivity index (χ4v) is 2.58. The highest BCUT2D eigenvalue weighted by Gasteiger charge is 2.32. The first-order chi connectivity index (χ1) is 9.27. The molecule has 1 aliphatic carbocycles. The summed E-state index contributed by atoms with van der Waals surface area (Å²) in [5.74, 6) is -0.226. The number of carbonyl (C=O) groups excluding carboxylic acids is 2. The standard InChI is InChI=1S/C15H8N2O2/c18-14-9-4-1-2-5-10(9)15(19)13-11(14)8-17-12(13)6-3-7-16-17/h1-8H. The first-order valence-electron chi connectivity index (χ1n) is 5.92. The summed E-state index contributed by atoms with van der Waals surface area (Å²) < 4.78 is 1.58. The summed E-state index contributed by atoms with van der Waals surface area (Å²) >= 11 is 0. The van der Waals surface area contributed by atoms with Crippen LogP contribution in [0.15, 0.2) is 48.8 Å². The van der Waals surface area contributed by atoms with Gasteiger partial charge in [0.05, 0.1) is 16.6 Å². The Morgan fingerprint density at radius 1 is 0.842 bits per heavy atom. The van der Waals surface area contributed by atoms with E-state index >= 15 is 0 Å². The van der Waals surface area contributed by atoms with Gasteiger partial charge in [0.25, 0.3) is 0 Å². The molecule has 2 aromatic heterocycles. The Bertz CT molecular complexity index is 861. The Hall–Kier alpha value is -2.75. The van der Waals surface area contributed by atoms with Gasteiger partial charge in [-0.1, -0.05) is 24.3 Å². The van der Waals surface area contributed by atoms with Gasteiger partial charge in [-0.2, -0.15) is 5.10 Å². The lowest BCUT2D eigenvalue weighted by Gasteiger charge is -2.13. The lowest BCUT2D eigenvalue weighted by Crippen LogP contribution is -2.19. The number of rotatable bonds is 0. The molecule has 90 valence electrons. The average Bonchev–Trinajstić information content (AvgIpc) is 2.84. The van der Waals surface area contributed by atoms with E-state index in [4.69, 9.17) is 0 Å². The molecule has 19 heavy (non-hydrogen) atoms. The van der Waals surface area contributed by atoms with Crippen molar-refractivity contribution in [3.63, 3.8) is 0 Å². The molecule has 0 bridgehead atoms. The molecule has 0 atom stereocenters. The van der Waals surface area contributed by atoms with Crippen molar-refractivity contribution < 1.29 is 9.59 Å². The highest BCUT2D eigenvalue weighted by molar-refractivity contribution is 6.30. The van der Waals surface area contributed by atoms with Crippen LogP contribution in [0.1, 0.15) is 31.8 Å². The molecule has 4 heteroatoms. The maximum absolute atomic E-state index is 12.5. The summed E-state index contributed by atoms with van der Waals surface area (Å²) in [4.78, 5) is 25.0. The molecule has 0 spiro atoms. The molecule has 0 saturated carbocycles. The predicted octanol–water partition coefficient (Wildman–Crippen LogP) is 2.11. The Balaban J connectivity index is 2.14. The molecule has 0 N–H and O–H groups in total. The third-order valence-electron chi connectivity index (χ3n) is 3.44. The molecule has 0 radical (unpaired) electrons. The van der Waals surface area contributed by atoms with E-state index in [9.17, 15) is 9.59 Å². The zero-order valence-electron chi connectivity index (χ0n) is 9.83. The van der Waals surface area contributed by atoms with Crippen molar-refractivity contribution in [3.8, 4) is 0 Å². The molecule has 0 fully saturated rings. The van der Waals surface area contributed by atoms with E-state index in [0.717, 1.165) is 0 Å². The molecule has 3 aromatic rings. The first kappa shape index (κ1) is 10.2. The zero-order valence-corrected chi connectivity index (χ0v) is 9.83. The molecule has 4 nitrogen and oxygen atoms in total. The topological polar surface area (TPSA) is 51.4 Å². The van der Waals surface area contributed by atoms with Crippen LogP contribution < -0.4 is 0 Å². The van der Waals surface area contributed by atoms with E-state index in [1.54, 1.807) is 53.3 Å². The van der Waals surface area contributed by atoms with E-state index in [1.165, 1.54) is 0 Å². The van der Waals surface area contributed by atoms with Crippen LogP contribution in [0.5, 0.6) is 0 Å². The van der Waals surface area contributed by atoms with Crippen molar-refractivity contribution in [1.29, 1.82) is 0 Å². The number of hydrogen-bond donors (Lipinski definition) is 0. The lowest BCUT2D eigenvalue weighted by atomic mass is 9.86. The number of fused-ring (bicyclic) bond motifs is 4. The van der Waals surface area contributed by atoms with Crippen LogP contribution >= 0.6 is 0 Å². The minimum absolute atomic E-state index is 0.110. The van der Waals surface area contributed by atoms with Gasteiger partial charge < -0.3 is 0 Å². The smallest absolute Gasteiger partial charge is 0.196 e. The van der Waals surface area contributed by atoms with Gasteiger partial charge >= 0.3 is 0 Å². The molecular formula is C15H8N2O2. The predicted molar refractivity (Wildman–Crippen MR) is 68.5 cm³/mol. The Kier molecular flexibility index (Phi) is 1.82. The number of aromatic nitrogens is 2. The van der Waals surface area contributed by atoms with Gasteiger partial charge in [-0.3, -0.25) is 9.59 Å². The fourth-order valence-electron chi connectivity index (χ4n) is 2.58. The molecule has 4 rings (SSSR count). The van der Waals surface area contributed by atoms with Crippen LogP contribution in [0.25, 0.3) is 5.52 Å². The molecule has 0 amide bonds. The third-order valence-corrected chi connectivity index (χ3v) is 3.44. The van der Waals surface area contributed by atoms with Gasteiger partial charge in [-0.05, 0) is 12.1 Å². The van der Waals surface area contributed by atoms with Crippen molar-refractivity contribution >= 4 is 17.1 Å². The summed E-state index contributed by atoms with van der Waals surface area (Å²) in [5.41, 5.74) is 2.50. The van der Waals surface area contributed by atoms with Crippen molar-refractivity contribution in [1.82, 2.24) is 9.61 Å². The van der Waals surface area contributed by atoms with Gasteiger partial charge in [0.15, 0.2) is 11.6 Å².